The zero-order chi connectivity index (χ0) is 9.23. The third-order valence-electron chi connectivity index (χ3n) is 1.72. The average Bonchev–Trinajstić information content (AvgIpc) is 2.02. The van der Waals surface area contributed by atoms with Gasteiger partial charge in [0, 0.05) is 0 Å². The van der Waals surface area contributed by atoms with Crippen LogP contribution in [0.5, 0.6) is 0 Å². The minimum absolute atomic E-state index is 0. The van der Waals surface area contributed by atoms with Crippen molar-refractivity contribution in [2.45, 2.75) is 45.4 Å². The van der Waals surface area contributed by atoms with Crippen LogP contribution < -0.4 is 0 Å². The Morgan fingerprint density at radius 2 is 1.69 bits per heavy atom. The van der Waals surface area contributed by atoms with Crippen molar-refractivity contribution >= 4 is 40.1 Å². The van der Waals surface area contributed by atoms with Crippen LogP contribution in [0.4, 0.5) is 0 Å². The van der Waals surface area contributed by atoms with Crippen LogP contribution in [-0.4, -0.2) is 9.28 Å². The van der Waals surface area contributed by atoms with Crippen LogP contribution >= 0.6 is 36.6 Å². The normalized spacial score (nSPS) is 9.38. The molecule has 0 spiro atoms. The van der Waals surface area contributed by atoms with Gasteiger partial charge in [-0.3, -0.25) is 0 Å². The smallest absolute Gasteiger partial charge is 0.125 e. The van der Waals surface area contributed by atoms with E-state index in [0.29, 0.717) is 0 Å². The van der Waals surface area contributed by atoms with Gasteiger partial charge < -0.3 is 0 Å². The Labute approximate surface area is 108 Å². The Balaban J connectivity index is 0. The van der Waals surface area contributed by atoms with Gasteiger partial charge in [0.25, 0.3) is 0 Å². The summed E-state index contributed by atoms with van der Waals surface area (Å²) in [7, 11) is 0. The molecule has 0 amide bonds. The molecule has 0 heterocycles. The van der Waals surface area contributed by atoms with E-state index in [9.17, 15) is 0 Å². The molecule has 0 atom stereocenters. The molecule has 1 radical (unpaired) electrons. The van der Waals surface area contributed by atoms with Gasteiger partial charge in [-0.1, -0.05) is 51.2 Å². The molecule has 0 saturated heterocycles. The summed E-state index contributed by atoms with van der Waals surface area (Å²) in [5.41, 5.74) is 0. The summed E-state index contributed by atoms with van der Waals surface area (Å²) in [6.07, 6.45) is 8.13. The second kappa shape index (κ2) is 13.3. The molecule has 0 aromatic rings. The van der Waals surface area contributed by atoms with Gasteiger partial charge in [-0.25, -0.2) is 0 Å². The predicted molar refractivity (Wildman–Crippen MR) is 67.4 cm³/mol. The molecule has 13 heavy (non-hydrogen) atoms. The Morgan fingerprint density at radius 3 is 2.23 bits per heavy atom. The Hall–Kier alpha value is 1.31. The van der Waals surface area contributed by atoms with Crippen molar-refractivity contribution in [3.8, 4) is 0 Å². The third-order valence-corrected chi connectivity index (χ3v) is 3.20. The molecule has 0 unspecified atom stereocenters. The number of thiocarbonyl (C=S) groups is 1. The summed E-state index contributed by atoms with van der Waals surface area (Å²) < 4.78 is 0.781. The maximum absolute atomic E-state index is 4.84. The molecular formula is C9H18CuS3+2. The second-order valence-corrected chi connectivity index (χ2v) is 5.71. The monoisotopic (exact) mass is 285 g/mol. The fourth-order valence-corrected chi connectivity index (χ4v) is 2.09. The molecular weight excluding hydrogens is 268 g/mol. The molecule has 0 nitrogen and oxygen atoms in total. The predicted octanol–water partition coefficient (Wildman–Crippen LogP) is 4.29. The molecule has 0 rings (SSSR count). The number of unbranched alkanes of at least 4 members (excludes halogenated alkanes) is 5. The zero-order valence-electron chi connectivity index (χ0n) is 8.01. The molecule has 0 aromatic heterocycles. The molecule has 0 aromatic carbocycles. The van der Waals surface area contributed by atoms with Crippen molar-refractivity contribution in [3.63, 3.8) is 0 Å². The largest absolute Gasteiger partial charge is 2.00 e. The Kier molecular flexibility index (Phi) is 17.1. The number of thiol groups is 1. The van der Waals surface area contributed by atoms with Gasteiger partial charge in [0.15, 0.2) is 0 Å². The fourth-order valence-electron chi connectivity index (χ4n) is 1.04. The molecule has 0 aliphatic heterocycles. The first-order valence-corrected chi connectivity index (χ1v) is 6.47. The van der Waals surface area contributed by atoms with E-state index in [1.54, 1.807) is 11.8 Å². The van der Waals surface area contributed by atoms with E-state index in [1.165, 1.54) is 38.5 Å². The van der Waals surface area contributed by atoms with E-state index in [4.69, 9.17) is 12.2 Å². The summed E-state index contributed by atoms with van der Waals surface area (Å²) in [4.78, 5) is 0. The topological polar surface area (TPSA) is 0 Å². The molecule has 81 valence electrons. The van der Waals surface area contributed by atoms with Crippen LogP contribution in [0.1, 0.15) is 45.4 Å². The van der Waals surface area contributed by atoms with Gasteiger partial charge in [-0.05, 0) is 12.2 Å². The molecule has 0 aliphatic carbocycles. The molecule has 0 fully saturated rings. The van der Waals surface area contributed by atoms with Crippen molar-refractivity contribution in [2.75, 3.05) is 5.75 Å². The maximum Gasteiger partial charge on any atom is 2.00 e. The van der Waals surface area contributed by atoms with Crippen LogP contribution in [0.25, 0.3) is 0 Å². The minimum atomic E-state index is 0. The quantitative estimate of drug-likeness (QED) is 0.321. The summed E-state index contributed by atoms with van der Waals surface area (Å²) in [6.45, 7) is 2.25. The maximum atomic E-state index is 4.84. The first kappa shape index (κ1) is 16.7. The molecule has 0 aliphatic rings. The van der Waals surface area contributed by atoms with Crippen LogP contribution in [0.2, 0.25) is 0 Å². The Morgan fingerprint density at radius 1 is 1.15 bits per heavy atom. The van der Waals surface area contributed by atoms with Gasteiger partial charge in [-0.2, -0.15) is 0 Å². The van der Waals surface area contributed by atoms with E-state index in [0.717, 1.165) is 9.28 Å². The first-order valence-electron chi connectivity index (χ1n) is 4.63. The molecule has 0 saturated carbocycles. The van der Waals surface area contributed by atoms with Gasteiger partial charge in [-0.15, -0.1) is 24.4 Å². The fraction of sp³-hybridized carbons (Fsp3) is 0.889. The van der Waals surface area contributed by atoms with Crippen LogP contribution in [0.15, 0.2) is 0 Å². The SMILES string of the molecule is CCCCCCCCSC(=S)S.[Cu+2]. The molecule has 0 bridgehead atoms. The van der Waals surface area contributed by atoms with Crippen molar-refractivity contribution in [1.29, 1.82) is 0 Å². The van der Waals surface area contributed by atoms with Gasteiger partial charge in [0.2, 0.25) is 0 Å². The zero-order valence-corrected chi connectivity index (χ0v) is 11.5. The van der Waals surface area contributed by atoms with E-state index >= 15 is 0 Å². The van der Waals surface area contributed by atoms with Crippen molar-refractivity contribution in [1.82, 2.24) is 0 Å². The number of hydrogen-bond donors (Lipinski definition) is 1. The van der Waals surface area contributed by atoms with E-state index in [-0.39, 0.29) is 17.1 Å². The summed E-state index contributed by atoms with van der Waals surface area (Å²) in [6, 6.07) is 0. The van der Waals surface area contributed by atoms with Crippen LogP contribution in [0, 0.1) is 0 Å². The summed E-state index contributed by atoms with van der Waals surface area (Å²) >= 11 is 10.6. The average molecular weight is 286 g/mol. The molecule has 0 N–H and O–H groups in total. The number of hydrogen-bond acceptors (Lipinski definition) is 2. The number of rotatable bonds is 7. The standard InChI is InChI=1S/C9H18S3.Cu/c1-2-3-4-5-6-7-8-12-9(10)11;/h2-8H2,1H3,(H,10,11);/q;+2. The second-order valence-electron chi connectivity index (χ2n) is 2.88. The molecule has 4 heteroatoms. The van der Waals surface area contributed by atoms with Gasteiger partial charge >= 0.3 is 17.1 Å². The summed E-state index contributed by atoms with van der Waals surface area (Å²) in [5.74, 6) is 1.15. The van der Waals surface area contributed by atoms with E-state index in [2.05, 4.69) is 19.6 Å². The van der Waals surface area contributed by atoms with Crippen molar-refractivity contribution < 1.29 is 17.1 Å². The van der Waals surface area contributed by atoms with Crippen molar-refractivity contribution in [3.05, 3.63) is 0 Å². The van der Waals surface area contributed by atoms with Gasteiger partial charge in [0.05, 0.1) is 0 Å². The van der Waals surface area contributed by atoms with Crippen LogP contribution in [-0.2, 0) is 17.1 Å². The number of thioether (sulfide) groups is 1. The first-order chi connectivity index (χ1) is 5.77. The minimum Gasteiger partial charge on any atom is -0.125 e. The third kappa shape index (κ3) is 16.0. The van der Waals surface area contributed by atoms with Crippen LogP contribution in [0.3, 0.4) is 0 Å². The van der Waals surface area contributed by atoms with E-state index < -0.39 is 0 Å². The van der Waals surface area contributed by atoms with E-state index in [1.807, 2.05) is 0 Å². The van der Waals surface area contributed by atoms with Gasteiger partial charge in [0.1, 0.15) is 3.53 Å². The Bertz CT molecular complexity index is 117. The van der Waals surface area contributed by atoms with Crippen molar-refractivity contribution in [2.24, 2.45) is 0 Å². The summed E-state index contributed by atoms with van der Waals surface area (Å²) in [5, 5.41) is 0.